The van der Waals surface area contributed by atoms with Gasteiger partial charge in [-0.25, -0.2) is 0 Å². The third-order valence-electron chi connectivity index (χ3n) is 2.95. The minimum Gasteiger partial charge on any atom is -0.472 e. The van der Waals surface area contributed by atoms with Crippen molar-refractivity contribution in [3.05, 3.63) is 54.0 Å². The van der Waals surface area contributed by atoms with Crippen LogP contribution in [0.3, 0.4) is 0 Å². The van der Waals surface area contributed by atoms with Gasteiger partial charge in [-0.2, -0.15) is 0 Å². The molecule has 4 heteroatoms. The summed E-state index contributed by atoms with van der Waals surface area (Å²) in [4.78, 5) is 14.2. The van der Waals surface area contributed by atoms with Gasteiger partial charge in [-0.1, -0.05) is 12.1 Å². The van der Waals surface area contributed by atoms with Crippen LogP contribution < -0.4 is 10.6 Å². The molecule has 0 spiro atoms. The van der Waals surface area contributed by atoms with Crippen LogP contribution in [-0.2, 0) is 6.54 Å². The Bertz CT molecular complexity index is 530. The van der Waals surface area contributed by atoms with Crippen LogP contribution in [0.5, 0.6) is 0 Å². The van der Waals surface area contributed by atoms with Gasteiger partial charge >= 0.3 is 0 Å². The molecule has 0 saturated heterocycles. The van der Waals surface area contributed by atoms with Gasteiger partial charge in [-0.3, -0.25) is 4.79 Å². The Labute approximate surface area is 112 Å². The van der Waals surface area contributed by atoms with Gasteiger partial charge in [0.25, 0.3) is 5.91 Å². The van der Waals surface area contributed by atoms with Crippen LogP contribution in [-0.4, -0.2) is 11.9 Å². The van der Waals surface area contributed by atoms with Gasteiger partial charge in [-0.15, -0.1) is 0 Å². The summed E-state index contributed by atoms with van der Waals surface area (Å²) in [6.45, 7) is 4.46. The number of rotatable bonds is 4. The highest BCUT2D eigenvalue weighted by molar-refractivity contribution is 6.06. The van der Waals surface area contributed by atoms with Gasteiger partial charge in [0, 0.05) is 18.3 Å². The van der Waals surface area contributed by atoms with Crippen molar-refractivity contribution >= 4 is 11.6 Å². The second kappa shape index (κ2) is 5.71. The molecule has 1 amide bonds. The summed E-state index contributed by atoms with van der Waals surface area (Å²) in [5.41, 5.74) is 8.04. The molecule has 1 aromatic heterocycles. The van der Waals surface area contributed by atoms with E-state index in [1.807, 2.05) is 38.1 Å². The van der Waals surface area contributed by atoms with E-state index in [4.69, 9.17) is 10.2 Å². The van der Waals surface area contributed by atoms with E-state index in [1.54, 1.807) is 11.0 Å². The molecule has 0 aliphatic rings. The van der Waals surface area contributed by atoms with Crippen molar-refractivity contribution in [3.63, 3.8) is 0 Å². The van der Waals surface area contributed by atoms with Crippen LogP contribution in [0.15, 0.2) is 47.3 Å². The van der Waals surface area contributed by atoms with E-state index >= 15 is 0 Å². The molecule has 19 heavy (non-hydrogen) atoms. The Morgan fingerprint density at radius 1 is 1.26 bits per heavy atom. The van der Waals surface area contributed by atoms with E-state index in [9.17, 15) is 4.79 Å². The van der Waals surface area contributed by atoms with Gasteiger partial charge in [0.05, 0.1) is 11.8 Å². The minimum atomic E-state index is -0.0655. The smallest absolute Gasteiger partial charge is 0.261 e. The quantitative estimate of drug-likeness (QED) is 0.917. The molecule has 0 atom stereocenters. The third kappa shape index (κ3) is 2.85. The minimum absolute atomic E-state index is 0.0612. The number of nitrogens with zero attached hydrogens (tertiary/aromatic N) is 1. The Morgan fingerprint density at radius 2 is 1.95 bits per heavy atom. The number of benzene rings is 1. The lowest BCUT2D eigenvalue weighted by Crippen LogP contribution is -2.36. The average molecular weight is 258 g/mol. The Hall–Kier alpha value is -2.07. The van der Waals surface area contributed by atoms with Gasteiger partial charge in [0.1, 0.15) is 6.26 Å². The Balaban J connectivity index is 2.31. The van der Waals surface area contributed by atoms with Crippen molar-refractivity contribution in [1.82, 2.24) is 0 Å². The first kappa shape index (κ1) is 13.4. The van der Waals surface area contributed by atoms with Crippen molar-refractivity contribution in [3.8, 4) is 0 Å². The maximum atomic E-state index is 12.4. The number of hydrogen-bond donors (Lipinski definition) is 1. The molecule has 1 aromatic carbocycles. The normalized spacial score (nSPS) is 10.7. The third-order valence-corrected chi connectivity index (χ3v) is 2.95. The zero-order valence-corrected chi connectivity index (χ0v) is 11.2. The topological polar surface area (TPSA) is 59.5 Å². The molecule has 0 bridgehead atoms. The van der Waals surface area contributed by atoms with E-state index in [1.165, 1.54) is 12.5 Å². The van der Waals surface area contributed by atoms with Gasteiger partial charge < -0.3 is 15.1 Å². The zero-order valence-electron chi connectivity index (χ0n) is 11.2. The highest BCUT2D eigenvalue weighted by atomic mass is 16.3. The lowest BCUT2D eigenvalue weighted by Gasteiger charge is -2.26. The molecule has 2 rings (SSSR count). The fraction of sp³-hybridized carbons (Fsp3) is 0.267. The molecule has 1 heterocycles. The SMILES string of the molecule is CC(C)N(C(=O)c1ccoc1)c1ccc(CN)cc1. The standard InChI is InChI=1S/C15H18N2O2/c1-11(2)17(15(18)13-7-8-19-10-13)14-5-3-12(9-16)4-6-14/h3-8,10-11H,9,16H2,1-2H3. The Morgan fingerprint density at radius 3 is 2.42 bits per heavy atom. The predicted molar refractivity (Wildman–Crippen MR) is 75.0 cm³/mol. The van der Waals surface area contributed by atoms with Gasteiger partial charge in [0.15, 0.2) is 0 Å². The van der Waals surface area contributed by atoms with E-state index in [0.717, 1.165) is 11.3 Å². The molecule has 0 saturated carbocycles. The molecule has 100 valence electrons. The number of carbonyl (C=O) groups excluding carboxylic acids is 1. The zero-order chi connectivity index (χ0) is 13.8. The van der Waals surface area contributed by atoms with E-state index in [0.29, 0.717) is 12.1 Å². The summed E-state index contributed by atoms with van der Waals surface area (Å²) < 4.78 is 4.97. The molecule has 2 N–H and O–H groups in total. The van der Waals surface area contributed by atoms with Crippen molar-refractivity contribution in [2.45, 2.75) is 26.4 Å². The highest BCUT2D eigenvalue weighted by Crippen LogP contribution is 2.21. The number of nitrogens with two attached hydrogens (primary N) is 1. The maximum Gasteiger partial charge on any atom is 0.261 e. The lowest BCUT2D eigenvalue weighted by molar-refractivity contribution is 0.0979. The predicted octanol–water partition coefficient (Wildman–Crippen LogP) is 2.79. The van der Waals surface area contributed by atoms with Gasteiger partial charge in [-0.05, 0) is 37.6 Å². The van der Waals surface area contributed by atoms with Crippen LogP contribution >= 0.6 is 0 Å². The van der Waals surface area contributed by atoms with Crippen LogP contribution in [0.1, 0.15) is 29.8 Å². The van der Waals surface area contributed by atoms with Crippen molar-refractivity contribution in [2.75, 3.05) is 4.90 Å². The van der Waals surface area contributed by atoms with Crippen molar-refractivity contribution < 1.29 is 9.21 Å². The first-order valence-electron chi connectivity index (χ1n) is 6.28. The summed E-state index contributed by atoms with van der Waals surface area (Å²) in [7, 11) is 0. The Kier molecular flexibility index (Phi) is 4.02. The molecule has 4 nitrogen and oxygen atoms in total. The number of anilines is 1. The molecule has 0 fully saturated rings. The fourth-order valence-electron chi connectivity index (χ4n) is 1.97. The second-order valence-electron chi connectivity index (χ2n) is 4.65. The van der Waals surface area contributed by atoms with Crippen LogP contribution in [0.2, 0.25) is 0 Å². The summed E-state index contributed by atoms with van der Waals surface area (Å²) in [5.74, 6) is -0.0655. The molecule has 2 aromatic rings. The van der Waals surface area contributed by atoms with Gasteiger partial charge in [0.2, 0.25) is 0 Å². The first-order chi connectivity index (χ1) is 9.13. The number of hydrogen-bond acceptors (Lipinski definition) is 3. The second-order valence-corrected chi connectivity index (χ2v) is 4.65. The molecular formula is C15H18N2O2. The molecule has 0 unspecified atom stereocenters. The van der Waals surface area contributed by atoms with Crippen LogP contribution in [0.25, 0.3) is 0 Å². The average Bonchev–Trinajstić information content (AvgIpc) is 2.93. The summed E-state index contributed by atoms with van der Waals surface area (Å²) in [5, 5.41) is 0. The van der Waals surface area contributed by atoms with E-state index < -0.39 is 0 Å². The van der Waals surface area contributed by atoms with E-state index in [-0.39, 0.29) is 11.9 Å². The monoisotopic (exact) mass is 258 g/mol. The highest BCUT2D eigenvalue weighted by Gasteiger charge is 2.21. The number of furan rings is 1. The van der Waals surface area contributed by atoms with Crippen LogP contribution in [0.4, 0.5) is 5.69 Å². The molecule has 0 aliphatic carbocycles. The van der Waals surface area contributed by atoms with Crippen molar-refractivity contribution in [1.29, 1.82) is 0 Å². The van der Waals surface area contributed by atoms with Crippen molar-refractivity contribution in [2.24, 2.45) is 5.73 Å². The lowest BCUT2D eigenvalue weighted by atomic mass is 10.1. The molecule has 0 radical (unpaired) electrons. The summed E-state index contributed by atoms with van der Waals surface area (Å²) in [6, 6.07) is 9.44. The summed E-state index contributed by atoms with van der Waals surface area (Å²) in [6.07, 6.45) is 2.97. The maximum absolute atomic E-state index is 12.4. The summed E-state index contributed by atoms with van der Waals surface area (Å²) >= 11 is 0. The largest absolute Gasteiger partial charge is 0.472 e. The molecular weight excluding hydrogens is 240 g/mol. The molecule has 0 aliphatic heterocycles. The fourth-order valence-corrected chi connectivity index (χ4v) is 1.97. The first-order valence-corrected chi connectivity index (χ1v) is 6.28. The number of carbonyl (C=O) groups is 1. The van der Waals surface area contributed by atoms with Crippen LogP contribution in [0, 0.1) is 0 Å². The number of amides is 1. The van der Waals surface area contributed by atoms with E-state index in [2.05, 4.69) is 0 Å².